The predicted molar refractivity (Wildman–Crippen MR) is 125 cm³/mol. The highest BCUT2D eigenvalue weighted by molar-refractivity contribution is 5.96. The second-order valence-corrected chi connectivity index (χ2v) is 7.80. The van der Waals surface area contributed by atoms with Crippen molar-refractivity contribution in [3.05, 3.63) is 89.1 Å². The molecule has 3 aromatic heterocycles. The van der Waals surface area contributed by atoms with Crippen molar-refractivity contribution >= 4 is 44.8 Å². The van der Waals surface area contributed by atoms with E-state index in [1.807, 2.05) is 6.07 Å². The maximum atomic E-state index is 13.2. The first kappa shape index (κ1) is 22.1. The fourth-order valence-electron chi connectivity index (χ4n) is 3.75. The Morgan fingerprint density at radius 1 is 1.00 bits per heavy atom. The van der Waals surface area contributed by atoms with Gasteiger partial charge < -0.3 is 15.2 Å². The molecular formula is C24H17F3N6O2. The summed E-state index contributed by atoms with van der Waals surface area (Å²) < 4.78 is 40.0. The minimum absolute atomic E-state index is 0.0110. The van der Waals surface area contributed by atoms with Crippen LogP contribution in [0.15, 0.2) is 78.0 Å². The quantitative estimate of drug-likeness (QED) is 0.341. The molecule has 0 unspecified atom stereocenters. The summed E-state index contributed by atoms with van der Waals surface area (Å²) in [5.74, 6) is -0.633. The molecule has 5 aromatic rings. The number of H-pyrrole nitrogens is 1. The molecule has 176 valence electrons. The Kier molecular flexibility index (Phi) is 5.44. The predicted octanol–water partition coefficient (Wildman–Crippen LogP) is 4.67. The van der Waals surface area contributed by atoms with Crippen LogP contribution in [0, 0.1) is 0 Å². The molecule has 0 saturated heterocycles. The summed E-state index contributed by atoms with van der Waals surface area (Å²) in [6, 6.07) is 13.1. The number of nitrogens with zero attached hydrogens (tertiary/aromatic N) is 3. The van der Waals surface area contributed by atoms with Gasteiger partial charge in [-0.2, -0.15) is 18.3 Å². The van der Waals surface area contributed by atoms with Gasteiger partial charge in [-0.05, 0) is 41.8 Å². The van der Waals surface area contributed by atoms with Crippen molar-refractivity contribution in [3.63, 3.8) is 0 Å². The highest BCUT2D eigenvalue weighted by Gasteiger charge is 2.30. The molecule has 3 heterocycles. The highest BCUT2D eigenvalue weighted by Crippen LogP contribution is 2.30. The van der Waals surface area contributed by atoms with Crippen LogP contribution in [-0.4, -0.2) is 25.7 Å². The first-order valence-electron chi connectivity index (χ1n) is 10.4. The molecule has 0 aliphatic heterocycles. The van der Waals surface area contributed by atoms with Crippen LogP contribution in [0.5, 0.6) is 0 Å². The molecule has 0 aliphatic rings. The Bertz CT molecular complexity index is 1620. The lowest BCUT2D eigenvalue weighted by molar-refractivity contribution is -0.137. The summed E-state index contributed by atoms with van der Waals surface area (Å²) in [4.78, 5) is 30.0. The van der Waals surface area contributed by atoms with Gasteiger partial charge in [-0.3, -0.25) is 14.7 Å². The molecule has 5 rings (SSSR count). The summed E-state index contributed by atoms with van der Waals surface area (Å²) in [6.07, 6.45) is 0.173. The first-order chi connectivity index (χ1) is 16.8. The number of hydrogen-bond acceptors (Lipinski definition) is 5. The lowest BCUT2D eigenvalue weighted by Gasteiger charge is -2.13. The van der Waals surface area contributed by atoms with Gasteiger partial charge in [0.1, 0.15) is 6.54 Å². The highest BCUT2D eigenvalue weighted by atomic mass is 19.4. The number of alkyl halides is 3. The molecular weight excluding hydrogens is 461 g/mol. The van der Waals surface area contributed by atoms with Crippen LogP contribution in [-0.2, 0) is 17.5 Å². The van der Waals surface area contributed by atoms with Gasteiger partial charge in [-0.25, -0.2) is 4.98 Å². The van der Waals surface area contributed by atoms with Crippen LogP contribution in [0.3, 0.4) is 0 Å². The molecule has 0 saturated carbocycles. The van der Waals surface area contributed by atoms with E-state index in [2.05, 4.69) is 25.8 Å². The minimum atomic E-state index is -4.53. The molecule has 0 aliphatic carbocycles. The fourth-order valence-corrected chi connectivity index (χ4v) is 3.75. The third-order valence-corrected chi connectivity index (χ3v) is 5.36. The van der Waals surface area contributed by atoms with Crippen molar-refractivity contribution in [2.75, 3.05) is 10.6 Å². The number of fused-ring (bicyclic) bond motifs is 2. The number of amides is 1. The average Bonchev–Trinajstić information content (AvgIpc) is 3.28. The number of aromatic nitrogens is 4. The zero-order chi connectivity index (χ0) is 24.6. The molecule has 11 heteroatoms. The van der Waals surface area contributed by atoms with Crippen LogP contribution in [0.2, 0.25) is 0 Å². The van der Waals surface area contributed by atoms with Crippen molar-refractivity contribution in [1.29, 1.82) is 0 Å². The molecule has 8 nitrogen and oxygen atoms in total. The van der Waals surface area contributed by atoms with Crippen molar-refractivity contribution in [3.8, 4) is 0 Å². The molecule has 2 aromatic carbocycles. The van der Waals surface area contributed by atoms with Gasteiger partial charge in [0, 0.05) is 17.3 Å². The number of carbonyl (C=O) groups is 1. The Morgan fingerprint density at radius 2 is 1.83 bits per heavy atom. The van der Waals surface area contributed by atoms with Gasteiger partial charge in [0.15, 0.2) is 5.65 Å². The molecule has 1 amide bonds. The van der Waals surface area contributed by atoms with Gasteiger partial charge in [0.25, 0.3) is 5.56 Å². The lowest BCUT2D eigenvalue weighted by atomic mass is 10.1. The summed E-state index contributed by atoms with van der Waals surface area (Å²) in [5, 5.41) is 14.1. The Hall–Kier alpha value is -4.67. The number of halogens is 3. The molecule has 3 N–H and O–H groups in total. The van der Waals surface area contributed by atoms with Crippen molar-refractivity contribution in [2.24, 2.45) is 0 Å². The van der Waals surface area contributed by atoms with E-state index in [0.29, 0.717) is 27.8 Å². The van der Waals surface area contributed by atoms with Crippen LogP contribution in [0.4, 0.5) is 30.2 Å². The number of pyridine rings is 2. The monoisotopic (exact) mass is 478 g/mol. The van der Waals surface area contributed by atoms with Gasteiger partial charge in [-0.15, -0.1) is 0 Å². The molecule has 0 radical (unpaired) electrons. The summed E-state index contributed by atoms with van der Waals surface area (Å²) in [5.41, 5.74) is 0.471. The molecule has 35 heavy (non-hydrogen) atoms. The molecule has 0 spiro atoms. The van der Waals surface area contributed by atoms with Crippen LogP contribution in [0.1, 0.15) is 5.56 Å². The Balaban J connectivity index is 1.42. The van der Waals surface area contributed by atoms with E-state index in [-0.39, 0.29) is 12.2 Å². The van der Waals surface area contributed by atoms with E-state index < -0.39 is 23.2 Å². The number of benzene rings is 2. The lowest BCUT2D eigenvalue weighted by Crippen LogP contribution is -2.27. The van der Waals surface area contributed by atoms with E-state index in [4.69, 9.17) is 0 Å². The van der Waals surface area contributed by atoms with Crippen LogP contribution in [0.25, 0.3) is 21.8 Å². The van der Waals surface area contributed by atoms with Gasteiger partial charge in [0.05, 0.1) is 34.7 Å². The van der Waals surface area contributed by atoms with Gasteiger partial charge in [-0.1, -0.05) is 18.2 Å². The number of nitrogens with one attached hydrogen (secondary N) is 3. The van der Waals surface area contributed by atoms with Crippen molar-refractivity contribution in [2.45, 2.75) is 12.7 Å². The molecule has 0 bridgehead atoms. The minimum Gasteiger partial charge on any atom is -0.354 e. The zero-order valence-corrected chi connectivity index (χ0v) is 17.9. The smallest absolute Gasteiger partial charge is 0.354 e. The maximum absolute atomic E-state index is 13.2. The summed E-state index contributed by atoms with van der Waals surface area (Å²) in [6.45, 7) is -0.373. The summed E-state index contributed by atoms with van der Waals surface area (Å²) >= 11 is 0. The first-order valence-corrected chi connectivity index (χ1v) is 10.4. The number of hydrogen-bond donors (Lipinski definition) is 3. The largest absolute Gasteiger partial charge is 0.416 e. The molecule has 0 fully saturated rings. The number of carbonyl (C=O) groups excluding carboxylic acids is 1. The normalized spacial score (nSPS) is 11.6. The SMILES string of the molecule is O=C(Cn1ccc2cccc(Nc3cnc4[nH]ncc4c3)c2c1=O)Nc1cccc(C(F)(F)F)c1. The van der Waals surface area contributed by atoms with E-state index in [0.717, 1.165) is 17.5 Å². The average molecular weight is 478 g/mol. The maximum Gasteiger partial charge on any atom is 0.416 e. The Labute approximate surface area is 195 Å². The number of aromatic amines is 1. The third kappa shape index (κ3) is 4.56. The van der Waals surface area contributed by atoms with E-state index in [9.17, 15) is 22.8 Å². The van der Waals surface area contributed by atoms with Crippen LogP contribution >= 0.6 is 0 Å². The second-order valence-electron chi connectivity index (χ2n) is 7.80. The number of rotatable bonds is 5. The van der Waals surface area contributed by atoms with Crippen LogP contribution < -0.4 is 16.2 Å². The van der Waals surface area contributed by atoms with Crippen molar-refractivity contribution < 1.29 is 18.0 Å². The van der Waals surface area contributed by atoms with Gasteiger partial charge >= 0.3 is 6.18 Å². The van der Waals surface area contributed by atoms with Gasteiger partial charge in [0.2, 0.25) is 5.91 Å². The van der Waals surface area contributed by atoms with E-state index in [1.165, 1.54) is 22.9 Å². The van der Waals surface area contributed by atoms with E-state index in [1.54, 1.807) is 36.7 Å². The fraction of sp³-hybridized carbons (Fsp3) is 0.0833. The van der Waals surface area contributed by atoms with E-state index >= 15 is 0 Å². The summed E-state index contributed by atoms with van der Waals surface area (Å²) in [7, 11) is 0. The zero-order valence-electron chi connectivity index (χ0n) is 17.9. The third-order valence-electron chi connectivity index (χ3n) is 5.36. The standard InChI is InChI=1S/C24H17F3N6O2/c25-24(26,27)16-4-2-5-17(10-16)31-20(34)13-33-8-7-14-3-1-6-19(21(14)23(33)35)30-18-9-15-11-29-32-22(15)28-12-18/h1-12,30H,13H2,(H,31,34)(H,28,29,32). The topological polar surface area (TPSA) is 105 Å². The Morgan fingerprint density at radius 3 is 2.66 bits per heavy atom. The molecule has 0 atom stereocenters. The van der Waals surface area contributed by atoms with Crippen molar-refractivity contribution in [1.82, 2.24) is 19.7 Å². The second kappa shape index (κ2) is 8.60. The number of anilines is 3.